The van der Waals surface area contributed by atoms with E-state index in [1.807, 2.05) is 13.8 Å². The van der Waals surface area contributed by atoms with Crippen LogP contribution in [0.5, 0.6) is 0 Å². The summed E-state index contributed by atoms with van der Waals surface area (Å²) < 4.78 is 29.5. The molecule has 2 atom stereocenters. The van der Waals surface area contributed by atoms with Crippen LogP contribution in [-0.4, -0.2) is 78.4 Å². The molecule has 0 spiro atoms. The van der Waals surface area contributed by atoms with Gasteiger partial charge in [0.15, 0.2) is 11.6 Å². The maximum absolute atomic E-state index is 13.5. The number of hydrogen-bond acceptors (Lipinski definition) is 11. The van der Waals surface area contributed by atoms with Crippen molar-refractivity contribution in [3.8, 4) is 0 Å². The molecular weight excluding hydrogens is 645 g/mol. The van der Waals surface area contributed by atoms with Crippen LogP contribution in [0.15, 0.2) is 41.6 Å². The highest BCUT2D eigenvalue weighted by Gasteiger charge is 2.42. The molecule has 4 aliphatic rings. The largest absolute Gasteiger partial charge is 0.340 e. The first-order valence-electron chi connectivity index (χ1n) is 17.4. The summed E-state index contributed by atoms with van der Waals surface area (Å²) in [6, 6.07) is 6.08. The topological polar surface area (TPSA) is 157 Å². The zero-order valence-corrected chi connectivity index (χ0v) is 29.3. The molecular formula is C34H44N10O4S. The van der Waals surface area contributed by atoms with Gasteiger partial charge in [-0.3, -0.25) is 9.59 Å². The fraction of sp³-hybridized carbons (Fsp3) is 0.529. The van der Waals surface area contributed by atoms with Crippen LogP contribution in [0.4, 0.5) is 40.6 Å². The van der Waals surface area contributed by atoms with Gasteiger partial charge < -0.3 is 24.9 Å². The average molecular weight is 689 g/mol. The zero-order valence-electron chi connectivity index (χ0n) is 28.5. The quantitative estimate of drug-likeness (QED) is 0.318. The number of amides is 2. The van der Waals surface area contributed by atoms with E-state index in [-0.39, 0.29) is 46.8 Å². The molecule has 0 saturated heterocycles. The lowest BCUT2D eigenvalue weighted by molar-refractivity contribution is -0.120. The molecule has 15 heteroatoms. The van der Waals surface area contributed by atoms with E-state index in [9.17, 15) is 18.0 Å². The second-order valence-electron chi connectivity index (χ2n) is 13.4. The van der Waals surface area contributed by atoms with Gasteiger partial charge in [0, 0.05) is 31.9 Å². The van der Waals surface area contributed by atoms with Gasteiger partial charge >= 0.3 is 0 Å². The lowest BCUT2D eigenvalue weighted by Gasteiger charge is -2.43. The Morgan fingerprint density at radius 1 is 0.714 bits per heavy atom. The van der Waals surface area contributed by atoms with Crippen LogP contribution in [0.25, 0.3) is 0 Å². The van der Waals surface area contributed by atoms with Gasteiger partial charge in [-0.25, -0.2) is 23.1 Å². The molecule has 1 aromatic carbocycles. The molecule has 49 heavy (non-hydrogen) atoms. The number of anilines is 7. The maximum atomic E-state index is 13.5. The van der Waals surface area contributed by atoms with Crippen molar-refractivity contribution < 1.29 is 18.0 Å². The molecule has 2 aromatic heterocycles. The molecule has 3 aromatic rings. The van der Waals surface area contributed by atoms with Gasteiger partial charge in [-0.1, -0.05) is 39.5 Å². The maximum Gasteiger partial charge on any atom is 0.264 e. The van der Waals surface area contributed by atoms with Crippen LogP contribution in [-0.2, 0) is 19.6 Å². The van der Waals surface area contributed by atoms with Gasteiger partial charge in [0.1, 0.15) is 23.5 Å². The molecule has 2 aliphatic carbocycles. The normalized spacial score (nSPS) is 21.7. The first kappa shape index (κ1) is 33.0. The first-order chi connectivity index (χ1) is 23.6. The standard InChI is InChI=1S/C34H44N10O4S/c1-5-25-31(45)41(3)27-19-35-33(38-29(27)43(25)22-11-7-8-12-22)37-21-15-17-24(18-16-21)49(47,48)40-34-36-20-28-30(39-34)44(23-13-9-10-14-23)26(6-2)32(46)42(28)4/h15-20,22-23,25-26H,5-14H2,1-4H3,(H,35,37,38)(H,36,39,40)/t25-,26+/m1/s1. The summed E-state index contributed by atoms with van der Waals surface area (Å²) in [7, 11) is -0.561. The molecule has 0 bridgehead atoms. The Balaban J connectivity index is 1.11. The van der Waals surface area contributed by atoms with Gasteiger partial charge in [0.05, 0.1) is 17.3 Å². The third-order valence-electron chi connectivity index (χ3n) is 10.5. The number of hydrogen-bond donors (Lipinski definition) is 2. The Labute approximate surface area is 287 Å². The first-order valence-corrected chi connectivity index (χ1v) is 18.8. The Morgan fingerprint density at radius 2 is 1.16 bits per heavy atom. The lowest BCUT2D eigenvalue weighted by atomic mass is 10.0. The number of nitrogens with one attached hydrogen (secondary N) is 2. The van der Waals surface area contributed by atoms with Crippen molar-refractivity contribution in [1.29, 1.82) is 0 Å². The van der Waals surface area contributed by atoms with Gasteiger partial charge in [-0.2, -0.15) is 9.97 Å². The third kappa shape index (κ3) is 5.91. The Bertz CT molecular complexity index is 1840. The number of likely N-dealkylation sites (N-methyl/N-ethyl adjacent to an activating group) is 2. The fourth-order valence-electron chi connectivity index (χ4n) is 7.90. The fourth-order valence-corrected chi connectivity index (χ4v) is 8.85. The highest BCUT2D eigenvalue weighted by atomic mass is 32.2. The van der Waals surface area contributed by atoms with Crippen LogP contribution >= 0.6 is 0 Å². The highest BCUT2D eigenvalue weighted by Crippen LogP contribution is 2.41. The molecule has 2 saturated carbocycles. The number of sulfonamides is 1. The van der Waals surface area contributed by atoms with E-state index in [0.29, 0.717) is 41.7 Å². The van der Waals surface area contributed by atoms with Crippen molar-refractivity contribution in [2.24, 2.45) is 0 Å². The molecule has 0 radical (unpaired) electrons. The van der Waals surface area contributed by atoms with E-state index in [1.165, 1.54) is 18.3 Å². The van der Waals surface area contributed by atoms with Crippen molar-refractivity contribution in [3.63, 3.8) is 0 Å². The lowest BCUT2D eigenvalue weighted by Crippen LogP contribution is -2.55. The van der Waals surface area contributed by atoms with Crippen molar-refractivity contribution in [2.45, 2.75) is 107 Å². The molecule has 4 heterocycles. The van der Waals surface area contributed by atoms with E-state index >= 15 is 0 Å². The van der Waals surface area contributed by atoms with E-state index < -0.39 is 10.0 Å². The summed E-state index contributed by atoms with van der Waals surface area (Å²) in [5.41, 5.74) is 1.85. The van der Waals surface area contributed by atoms with E-state index in [0.717, 1.165) is 57.2 Å². The zero-order chi connectivity index (χ0) is 34.4. The summed E-state index contributed by atoms with van der Waals surface area (Å²) in [6.45, 7) is 4.01. The number of rotatable bonds is 9. The minimum atomic E-state index is -4.04. The summed E-state index contributed by atoms with van der Waals surface area (Å²) in [5.74, 6) is 1.66. The van der Waals surface area contributed by atoms with E-state index in [4.69, 9.17) is 4.98 Å². The van der Waals surface area contributed by atoms with Crippen molar-refractivity contribution in [3.05, 3.63) is 36.7 Å². The number of carbonyl (C=O) groups is 2. The minimum absolute atomic E-state index is 0.00736. The third-order valence-corrected chi connectivity index (χ3v) is 11.8. The Morgan fingerprint density at radius 3 is 1.63 bits per heavy atom. The van der Waals surface area contributed by atoms with Gasteiger partial charge in [-0.15, -0.1) is 0 Å². The molecule has 260 valence electrons. The molecule has 2 amide bonds. The van der Waals surface area contributed by atoms with E-state index in [2.05, 4.69) is 34.8 Å². The van der Waals surface area contributed by atoms with Gasteiger partial charge in [0.2, 0.25) is 23.7 Å². The molecule has 14 nitrogen and oxygen atoms in total. The monoisotopic (exact) mass is 688 g/mol. The molecule has 0 unspecified atom stereocenters. The molecule has 7 rings (SSSR count). The SMILES string of the molecule is CC[C@@H]1C(=O)N(C)c2cnc(Nc3ccc(S(=O)(=O)Nc4ncc5c(n4)N(C4CCCC4)[C@@H](CC)C(=O)N5C)cc3)nc2N1C1CCCC1. The summed E-state index contributed by atoms with van der Waals surface area (Å²) in [6.07, 6.45) is 12.9. The summed E-state index contributed by atoms with van der Waals surface area (Å²) in [5, 5.41) is 3.21. The number of benzene rings is 1. The summed E-state index contributed by atoms with van der Waals surface area (Å²) >= 11 is 0. The van der Waals surface area contributed by atoms with Crippen molar-refractivity contribution >= 4 is 62.4 Å². The van der Waals surface area contributed by atoms with E-state index in [1.54, 1.807) is 42.2 Å². The van der Waals surface area contributed by atoms with Crippen molar-refractivity contribution in [1.82, 2.24) is 19.9 Å². The van der Waals surface area contributed by atoms with Crippen LogP contribution in [0.1, 0.15) is 78.1 Å². The number of fused-ring (bicyclic) bond motifs is 2. The smallest absolute Gasteiger partial charge is 0.264 e. The number of aromatic nitrogens is 4. The number of nitrogens with zero attached hydrogens (tertiary/aromatic N) is 8. The molecule has 2 aliphatic heterocycles. The summed E-state index contributed by atoms with van der Waals surface area (Å²) in [4.78, 5) is 52.2. The average Bonchev–Trinajstić information content (AvgIpc) is 3.83. The predicted octanol–water partition coefficient (Wildman–Crippen LogP) is 4.82. The Kier molecular flexibility index (Phi) is 8.80. The highest BCUT2D eigenvalue weighted by molar-refractivity contribution is 7.92. The van der Waals surface area contributed by atoms with Crippen LogP contribution in [0.3, 0.4) is 0 Å². The van der Waals surface area contributed by atoms with Crippen LogP contribution in [0, 0.1) is 0 Å². The van der Waals surface area contributed by atoms with Crippen LogP contribution in [0.2, 0.25) is 0 Å². The molecule has 2 N–H and O–H groups in total. The molecule has 2 fully saturated rings. The van der Waals surface area contributed by atoms with Crippen molar-refractivity contribution in [2.75, 3.05) is 43.7 Å². The number of carbonyl (C=O) groups excluding carboxylic acids is 2. The second kappa shape index (κ2) is 13.1. The predicted molar refractivity (Wildman–Crippen MR) is 189 cm³/mol. The van der Waals surface area contributed by atoms with Gasteiger partial charge in [0.25, 0.3) is 10.0 Å². The Hall–Kier alpha value is -4.53. The second-order valence-corrected chi connectivity index (χ2v) is 15.1. The van der Waals surface area contributed by atoms with Crippen LogP contribution < -0.4 is 29.6 Å². The minimum Gasteiger partial charge on any atom is -0.340 e. The van der Waals surface area contributed by atoms with Gasteiger partial charge in [-0.05, 0) is 62.8 Å².